The van der Waals surface area contributed by atoms with Crippen molar-refractivity contribution in [1.82, 2.24) is 24.5 Å². The summed E-state index contributed by atoms with van der Waals surface area (Å²) in [5, 5.41) is 7.77. The van der Waals surface area contributed by atoms with Crippen molar-refractivity contribution in [2.45, 2.75) is 25.7 Å². The van der Waals surface area contributed by atoms with Crippen LogP contribution >= 0.6 is 11.6 Å². The highest BCUT2D eigenvalue weighted by Gasteiger charge is 2.15. The molecule has 2 N–H and O–H groups in total. The fraction of sp³-hybridized carbons (Fsp3) is 0.316. The number of hydrogen-bond donors (Lipinski definition) is 2. The first-order valence-corrected chi connectivity index (χ1v) is 11.0. The van der Waals surface area contributed by atoms with Gasteiger partial charge in [0.25, 0.3) is 0 Å². The van der Waals surface area contributed by atoms with E-state index in [9.17, 15) is 8.42 Å². The smallest absolute Gasteiger partial charge is 0.240 e. The number of methoxy groups -OCH3 is 1. The number of nitrogens with zero attached hydrogens (tertiary/aromatic N) is 4. The van der Waals surface area contributed by atoms with Gasteiger partial charge < -0.3 is 10.1 Å². The summed E-state index contributed by atoms with van der Waals surface area (Å²) in [4.78, 5) is 8.84. The second kappa shape index (κ2) is 8.99. The number of sulfonamides is 1. The number of rotatable bonds is 8. The molecule has 0 unspecified atom stereocenters. The van der Waals surface area contributed by atoms with E-state index in [0.717, 1.165) is 11.4 Å². The molecule has 0 aliphatic carbocycles. The largest absolute Gasteiger partial charge is 0.495 e. The van der Waals surface area contributed by atoms with E-state index in [2.05, 4.69) is 25.1 Å². The molecule has 0 saturated carbocycles. The van der Waals surface area contributed by atoms with Crippen molar-refractivity contribution in [3.63, 3.8) is 0 Å². The Kier molecular flexibility index (Phi) is 6.59. The lowest BCUT2D eigenvalue weighted by Gasteiger charge is -2.11. The number of anilines is 1. The molecule has 160 valence electrons. The van der Waals surface area contributed by atoms with E-state index in [-0.39, 0.29) is 16.5 Å². The summed E-state index contributed by atoms with van der Waals surface area (Å²) in [6.45, 7) is 6.14. The monoisotopic (exact) mass is 450 g/mol. The molecule has 0 spiro atoms. The minimum atomic E-state index is -3.70. The molecule has 2 aromatic heterocycles. The molecule has 0 radical (unpaired) electrons. The topological polar surface area (TPSA) is 111 Å². The van der Waals surface area contributed by atoms with Crippen LogP contribution in [-0.2, 0) is 10.0 Å². The zero-order valence-corrected chi connectivity index (χ0v) is 18.7. The Bertz CT molecular complexity index is 1160. The van der Waals surface area contributed by atoms with Gasteiger partial charge in [-0.25, -0.2) is 27.8 Å². The first kappa shape index (κ1) is 22.0. The number of hydrogen-bond acceptors (Lipinski definition) is 7. The normalized spacial score (nSPS) is 11.5. The maximum atomic E-state index is 12.5. The predicted octanol–water partition coefficient (Wildman–Crippen LogP) is 2.64. The van der Waals surface area contributed by atoms with Gasteiger partial charge in [-0.15, -0.1) is 0 Å². The van der Waals surface area contributed by atoms with E-state index >= 15 is 0 Å². The standard InChI is InChI=1S/C19H23ClN6O3S/c1-12-9-13(2)26(25-12)19-11-18(23-14(3)24-19)21-7-8-22-30(27,28)15-5-6-17(29-4)16(20)10-15/h5-6,9-11,22H,7-8H2,1-4H3,(H,21,23,24). The molecular formula is C19H23ClN6O3S. The third-order valence-electron chi connectivity index (χ3n) is 4.21. The fourth-order valence-corrected chi connectivity index (χ4v) is 4.27. The maximum Gasteiger partial charge on any atom is 0.240 e. The van der Waals surface area contributed by atoms with Gasteiger partial charge >= 0.3 is 0 Å². The van der Waals surface area contributed by atoms with Crippen molar-refractivity contribution in [2.24, 2.45) is 0 Å². The van der Waals surface area contributed by atoms with Crippen molar-refractivity contribution >= 4 is 27.4 Å². The van der Waals surface area contributed by atoms with Crippen molar-refractivity contribution in [1.29, 1.82) is 0 Å². The van der Waals surface area contributed by atoms with Crippen molar-refractivity contribution in [3.8, 4) is 11.6 Å². The summed E-state index contributed by atoms with van der Waals surface area (Å²) in [6.07, 6.45) is 0. The Hall–Kier alpha value is -2.69. The highest BCUT2D eigenvalue weighted by molar-refractivity contribution is 7.89. The van der Waals surface area contributed by atoms with Crippen LogP contribution in [-0.4, -0.2) is 48.4 Å². The van der Waals surface area contributed by atoms with Crippen LogP contribution < -0.4 is 14.8 Å². The Balaban J connectivity index is 1.64. The van der Waals surface area contributed by atoms with E-state index in [1.807, 2.05) is 19.9 Å². The van der Waals surface area contributed by atoms with E-state index in [0.29, 0.717) is 29.8 Å². The van der Waals surface area contributed by atoms with Crippen LogP contribution in [0.3, 0.4) is 0 Å². The van der Waals surface area contributed by atoms with Gasteiger partial charge in [0.1, 0.15) is 17.4 Å². The van der Waals surface area contributed by atoms with E-state index in [1.165, 1.54) is 25.3 Å². The minimum absolute atomic E-state index is 0.0676. The number of halogens is 1. The maximum absolute atomic E-state index is 12.5. The van der Waals surface area contributed by atoms with Crippen LogP contribution in [0.2, 0.25) is 5.02 Å². The predicted molar refractivity (Wildman–Crippen MR) is 115 cm³/mol. The third-order valence-corrected chi connectivity index (χ3v) is 5.96. The summed E-state index contributed by atoms with van der Waals surface area (Å²) in [5.41, 5.74) is 1.86. The summed E-state index contributed by atoms with van der Waals surface area (Å²) in [5.74, 6) is 2.21. The van der Waals surface area contributed by atoms with Crippen molar-refractivity contribution < 1.29 is 13.2 Å². The molecule has 0 bridgehead atoms. The zero-order valence-electron chi connectivity index (χ0n) is 17.1. The Labute approximate surface area is 180 Å². The van der Waals surface area contributed by atoms with Crippen LogP contribution in [0.25, 0.3) is 5.82 Å². The number of aryl methyl sites for hydroxylation is 3. The summed E-state index contributed by atoms with van der Waals surface area (Å²) in [6, 6.07) is 8.04. The quantitative estimate of drug-likeness (QED) is 0.507. The fourth-order valence-electron chi connectivity index (χ4n) is 2.89. The van der Waals surface area contributed by atoms with Gasteiger partial charge in [0.15, 0.2) is 5.82 Å². The first-order chi connectivity index (χ1) is 14.2. The van der Waals surface area contributed by atoms with Gasteiger partial charge in [-0.3, -0.25) is 0 Å². The molecule has 0 aliphatic heterocycles. The highest BCUT2D eigenvalue weighted by atomic mass is 35.5. The van der Waals surface area contributed by atoms with Gasteiger partial charge in [-0.05, 0) is 45.0 Å². The lowest BCUT2D eigenvalue weighted by Crippen LogP contribution is -2.29. The van der Waals surface area contributed by atoms with Crippen LogP contribution in [0.4, 0.5) is 5.82 Å². The molecule has 2 heterocycles. The van der Waals surface area contributed by atoms with E-state index in [4.69, 9.17) is 16.3 Å². The van der Waals surface area contributed by atoms with Crippen LogP contribution in [0, 0.1) is 20.8 Å². The Morgan fingerprint density at radius 2 is 1.87 bits per heavy atom. The third kappa shape index (κ3) is 5.07. The highest BCUT2D eigenvalue weighted by Crippen LogP contribution is 2.26. The molecule has 0 aliphatic rings. The molecule has 9 nitrogen and oxygen atoms in total. The molecule has 0 atom stereocenters. The van der Waals surface area contributed by atoms with Crippen LogP contribution in [0.15, 0.2) is 35.2 Å². The molecular weight excluding hydrogens is 428 g/mol. The molecule has 3 rings (SSSR count). The van der Waals surface area contributed by atoms with Gasteiger partial charge in [0.05, 0.1) is 22.7 Å². The first-order valence-electron chi connectivity index (χ1n) is 9.16. The van der Waals surface area contributed by atoms with Crippen LogP contribution in [0.1, 0.15) is 17.2 Å². The van der Waals surface area contributed by atoms with Gasteiger partial charge in [-0.1, -0.05) is 11.6 Å². The second-order valence-corrected chi connectivity index (χ2v) is 8.79. The summed E-state index contributed by atoms with van der Waals surface area (Å²) >= 11 is 6.02. The molecule has 0 fully saturated rings. The summed E-state index contributed by atoms with van der Waals surface area (Å²) in [7, 11) is -2.23. The number of nitrogens with one attached hydrogen (secondary N) is 2. The molecule has 0 saturated heterocycles. The van der Waals surface area contributed by atoms with E-state index in [1.54, 1.807) is 17.7 Å². The minimum Gasteiger partial charge on any atom is -0.495 e. The van der Waals surface area contributed by atoms with Crippen molar-refractivity contribution in [3.05, 3.63) is 52.6 Å². The van der Waals surface area contributed by atoms with Gasteiger partial charge in [-0.2, -0.15) is 5.10 Å². The Morgan fingerprint density at radius 3 is 2.50 bits per heavy atom. The lowest BCUT2D eigenvalue weighted by molar-refractivity contribution is 0.414. The number of benzene rings is 1. The molecule has 11 heteroatoms. The lowest BCUT2D eigenvalue weighted by atomic mass is 10.3. The molecule has 0 amide bonds. The van der Waals surface area contributed by atoms with Crippen molar-refractivity contribution in [2.75, 3.05) is 25.5 Å². The van der Waals surface area contributed by atoms with Crippen LogP contribution in [0.5, 0.6) is 5.75 Å². The average molecular weight is 451 g/mol. The number of ether oxygens (including phenoxy) is 1. The molecule has 1 aromatic carbocycles. The Morgan fingerprint density at radius 1 is 1.10 bits per heavy atom. The molecule has 3 aromatic rings. The molecule has 30 heavy (non-hydrogen) atoms. The zero-order chi connectivity index (χ0) is 21.9. The SMILES string of the molecule is COc1ccc(S(=O)(=O)NCCNc2cc(-n3nc(C)cc3C)nc(C)n2)cc1Cl. The number of aromatic nitrogens is 4. The van der Waals surface area contributed by atoms with E-state index < -0.39 is 10.0 Å². The summed E-state index contributed by atoms with van der Waals surface area (Å²) < 4.78 is 34.2. The second-order valence-electron chi connectivity index (χ2n) is 6.62. The van der Waals surface area contributed by atoms with Gasteiger partial charge in [0.2, 0.25) is 10.0 Å². The van der Waals surface area contributed by atoms with Gasteiger partial charge in [0, 0.05) is 24.8 Å². The average Bonchev–Trinajstić information content (AvgIpc) is 3.03.